The van der Waals surface area contributed by atoms with E-state index in [1.165, 1.54) is 0 Å². The summed E-state index contributed by atoms with van der Waals surface area (Å²) in [4.78, 5) is 32.7. The second kappa shape index (κ2) is 8.36. The van der Waals surface area contributed by atoms with Crippen molar-refractivity contribution in [1.29, 1.82) is 0 Å². The molecule has 1 aromatic rings. The van der Waals surface area contributed by atoms with Crippen molar-refractivity contribution in [1.82, 2.24) is 10.9 Å². The lowest BCUT2D eigenvalue weighted by Crippen LogP contribution is -2.41. The number of carbonyl (C=O) groups is 3. The van der Waals surface area contributed by atoms with Gasteiger partial charge in [0, 0.05) is 6.08 Å². The minimum atomic E-state index is -1.49. The zero-order valence-electron chi connectivity index (χ0n) is 11.4. The third-order valence-electron chi connectivity index (χ3n) is 2.29. The van der Waals surface area contributed by atoms with Crippen molar-refractivity contribution >= 4 is 17.8 Å². The summed E-state index contributed by atoms with van der Waals surface area (Å²) in [5.74, 6) is -1.98. The van der Waals surface area contributed by atoms with Crippen LogP contribution in [0.1, 0.15) is 12.5 Å². The molecule has 0 spiro atoms. The highest BCUT2D eigenvalue weighted by Crippen LogP contribution is 2.12. The standard InChI is InChI=1S/C14H16N2O5/c1-2-21-11-5-3-10(4-6-11)9-13(18)16-15-12(17)7-8-14(19)20/h3-8H,2,9H2,1H3,(H,15,17)(H,16,18)(H,19,20)/p-1/b8-7+. The second-order valence-corrected chi connectivity index (χ2v) is 3.94. The van der Waals surface area contributed by atoms with Crippen LogP contribution in [0.3, 0.4) is 0 Å². The van der Waals surface area contributed by atoms with Crippen LogP contribution in [0.2, 0.25) is 0 Å². The number of carboxylic acid groups (broad SMARTS) is 1. The van der Waals surface area contributed by atoms with Crippen LogP contribution in [0.5, 0.6) is 5.75 Å². The summed E-state index contributed by atoms with van der Waals surface area (Å²) < 4.78 is 5.27. The summed E-state index contributed by atoms with van der Waals surface area (Å²) in [5.41, 5.74) is 4.95. The van der Waals surface area contributed by atoms with E-state index in [4.69, 9.17) is 4.74 Å². The minimum absolute atomic E-state index is 0.0664. The van der Waals surface area contributed by atoms with Gasteiger partial charge in [0.05, 0.1) is 19.0 Å². The molecular weight excluding hydrogens is 276 g/mol. The van der Waals surface area contributed by atoms with Crippen LogP contribution in [0, 0.1) is 0 Å². The Balaban J connectivity index is 2.39. The predicted molar refractivity (Wildman–Crippen MR) is 71.7 cm³/mol. The molecule has 0 aliphatic rings. The normalized spacial score (nSPS) is 10.1. The minimum Gasteiger partial charge on any atom is -0.545 e. The van der Waals surface area contributed by atoms with E-state index in [1.807, 2.05) is 12.3 Å². The van der Waals surface area contributed by atoms with Crippen molar-refractivity contribution in [2.75, 3.05) is 6.61 Å². The van der Waals surface area contributed by atoms with E-state index in [2.05, 4.69) is 5.43 Å². The Morgan fingerprint density at radius 1 is 1.14 bits per heavy atom. The fraction of sp³-hybridized carbons (Fsp3) is 0.214. The number of hydrogen-bond acceptors (Lipinski definition) is 5. The van der Waals surface area contributed by atoms with Crippen molar-refractivity contribution in [2.24, 2.45) is 0 Å². The molecule has 7 heteroatoms. The number of carbonyl (C=O) groups excluding carboxylic acids is 3. The fourth-order valence-corrected chi connectivity index (χ4v) is 1.42. The first-order valence-electron chi connectivity index (χ1n) is 6.21. The Morgan fingerprint density at radius 2 is 1.81 bits per heavy atom. The van der Waals surface area contributed by atoms with Gasteiger partial charge >= 0.3 is 0 Å². The quantitative estimate of drug-likeness (QED) is 0.520. The number of rotatable bonds is 6. The van der Waals surface area contributed by atoms with Crippen molar-refractivity contribution in [3.63, 3.8) is 0 Å². The van der Waals surface area contributed by atoms with Gasteiger partial charge in [-0.1, -0.05) is 12.1 Å². The van der Waals surface area contributed by atoms with Crippen LogP contribution in [-0.2, 0) is 20.8 Å². The highest BCUT2D eigenvalue weighted by molar-refractivity contribution is 5.94. The molecule has 0 atom stereocenters. The molecule has 21 heavy (non-hydrogen) atoms. The lowest BCUT2D eigenvalue weighted by Gasteiger charge is -2.07. The molecule has 0 fully saturated rings. The molecule has 2 amide bonds. The van der Waals surface area contributed by atoms with E-state index in [-0.39, 0.29) is 6.42 Å². The van der Waals surface area contributed by atoms with Crippen LogP contribution in [0.4, 0.5) is 0 Å². The molecule has 0 aliphatic heterocycles. The first-order valence-corrected chi connectivity index (χ1v) is 6.21. The smallest absolute Gasteiger partial charge is 0.262 e. The molecular formula is C14H15N2O5-. The number of hydrazine groups is 1. The number of carboxylic acids is 1. The predicted octanol–water partition coefficient (Wildman–Crippen LogP) is -0.919. The van der Waals surface area contributed by atoms with Gasteiger partial charge < -0.3 is 14.6 Å². The summed E-state index contributed by atoms with van der Waals surface area (Å²) in [6.07, 6.45) is 1.37. The zero-order valence-corrected chi connectivity index (χ0v) is 11.4. The molecule has 0 bridgehead atoms. The Bertz CT molecular complexity index is 537. The maximum atomic E-state index is 11.6. The van der Waals surface area contributed by atoms with Gasteiger partial charge in [0.15, 0.2) is 0 Å². The SMILES string of the molecule is CCOc1ccc(CC(=O)NNC(=O)/C=C/C(=O)[O-])cc1. The van der Waals surface area contributed by atoms with Gasteiger partial charge in [0.25, 0.3) is 5.91 Å². The van der Waals surface area contributed by atoms with E-state index in [0.717, 1.165) is 11.6 Å². The highest BCUT2D eigenvalue weighted by Gasteiger charge is 2.04. The van der Waals surface area contributed by atoms with Crippen LogP contribution in [-0.4, -0.2) is 24.4 Å². The Labute approximate surface area is 121 Å². The van der Waals surface area contributed by atoms with E-state index in [1.54, 1.807) is 24.3 Å². The van der Waals surface area contributed by atoms with Crippen molar-refractivity contribution in [3.05, 3.63) is 42.0 Å². The first kappa shape index (κ1) is 16.2. The maximum Gasteiger partial charge on any atom is 0.262 e. The largest absolute Gasteiger partial charge is 0.545 e. The molecule has 2 N–H and O–H groups in total. The molecule has 0 aromatic heterocycles. The lowest BCUT2D eigenvalue weighted by molar-refractivity contribution is -0.297. The molecule has 112 valence electrons. The molecule has 0 saturated heterocycles. The molecule has 0 unspecified atom stereocenters. The van der Waals surface area contributed by atoms with Crippen molar-refractivity contribution < 1.29 is 24.2 Å². The van der Waals surface area contributed by atoms with Gasteiger partial charge in [-0.2, -0.15) is 0 Å². The molecule has 1 aromatic carbocycles. The van der Waals surface area contributed by atoms with Crippen molar-refractivity contribution in [3.8, 4) is 5.75 Å². The molecule has 0 radical (unpaired) electrons. The van der Waals surface area contributed by atoms with E-state index < -0.39 is 17.8 Å². The third kappa shape index (κ3) is 6.76. The van der Waals surface area contributed by atoms with Gasteiger partial charge in [-0.05, 0) is 30.7 Å². The summed E-state index contributed by atoms with van der Waals surface area (Å²) in [5, 5.41) is 10.1. The van der Waals surface area contributed by atoms with Gasteiger partial charge in [-0.15, -0.1) is 0 Å². The molecule has 0 saturated carbocycles. The fourth-order valence-electron chi connectivity index (χ4n) is 1.42. The Hall–Kier alpha value is -2.83. The third-order valence-corrected chi connectivity index (χ3v) is 2.29. The van der Waals surface area contributed by atoms with E-state index >= 15 is 0 Å². The second-order valence-electron chi connectivity index (χ2n) is 3.94. The topological polar surface area (TPSA) is 108 Å². The number of amides is 2. The number of aliphatic carboxylic acids is 1. The molecule has 1 rings (SSSR count). The van der Waals surface area contributed by atoms with Crippen molar-refractivity contribution in [2.45, 2.75) is 13.3 Å². The summed E-state index contributed by atoms with van der Waals surface area (Å²) in [6.45, 7) is 2.43. The number of ether oxygens (including phenoxy) is 1. The van der Waals surface area contributed by atoms with Crippen LogP contribution in [0.25, 0.3) is 0 Å². The summed E-state index contributed by atoms with van der Waals surface area (Å²) >= 11 is 0. The first-order chi connectivity index (χ1) is 10.0. The van der Waals surface area contributed by atoms with Crippen LogP contribution < -0.4 is 20.7 Å². The van der Waals surface area contributed by atoms with Crippen LogP contribution >= 0.6 is 0 Å². The zero-order chi connectivity index (χ0) is 15.7. The Kier molecular flexibility index (Phi) is 6.46. The summed E-state index contributed by atoms with van der Waals surface area (Å²) in [6, 6.07) is 6.96. The number of benzene rings is 1. The average molecular weight is 291 g/mol. The molecule has 0 heterocycles. The Morgan fingerprint density at radius 3 is 2.38 bits per heavy atom. The number of hydrogen-bond donors (Lipinski definition) is 2. The van der Waals surface area contributed by atoms with Gasteiger partial charge in [-0.3, -0.25) is 20.4 Å². The van der Waals surface area contributed by atoms with Gasteiger partial charge in [0.2, 0.25) is 5.91 Å². The highest BCUT2D eigenvalue weighted by atomic mass is 16.5. The van der Waals surface area contributed by atoms with E-state index in [9.17, 15) is 19.5 Å². The molecule has 7 nitrogen and oxygen atoms in total. The lowest BCUT2D eigenvalue weighted by atomic mass is 10.1. The van der Waals surface area contributed by atoms with Gasteiger partial charge in [0.1, 0.15) is 5.75 Å². The van der Waals surface area contributed by atoms with E-state index in [0.29, 0.717) is 18.4 Å². The van der Waals surface area contributed by atoms with Crippen LogP contribution in [0.15, 0.2) is 36.4 Å². The van der Waals surface area contributed by atoms with Gasteiger partial charge in [-0.25, -0.2) is 0 Å². The summed E-state index contributed by atoms with van der Waals surface area (Å²) in [7, 11) is 0. The monoisotopic (exact) mass is 291 g/mol. The average Bonchev–Trinajstić information content (AvgIpc) is 2.45. The maximum absolute atomic E-state index is 11.6. The molecule has 0 aliphatic carbocycles. The number of nitrogens with one attached hydrogen (secondary N) is 2.